The van der Waals surface area contributed by atoms with Gasteiger partial charge in [0.15, 0.2) is 0 Å². The molecule has 0 aliphatic rings. The summed E-state index contributed by atoms with van der Waals surface area (Å²) in [6, 6.07) is 20.9. The highest BCUT2D eigenvalue weighted by atomic mass is 35.5. The maximum absolute atomic E-state index is 11.1. The Bertz CT molecular complexity index is 1140. The minimum Gasteiger partial charge on any atom is -0.506 e. The summed E-state index contributed by atoms with van der Waals surface area (Å²) in [6.07, 6.45) is 0. The van der Waals surface area contributed by atoms with Gasteiger partial charge in [0.25, 0.3) is 5.89 Å². The first-order valence-electron chi connectivity index (χ1n) is 9.36. The predicted octanol–water partition coefficient (Wildman–Crippen LogP) is 6.73. The average molecular weight is 405 g/mol. The van der Waals surface area contributed by atoms with E-state index >= 15 is 0 Å². The summed E-state index contributed by atoms with van der Waals surface area (Å²) in [6.45, 7) is 6.39. The molecule has 0 aliphatic carbocycles. The van der Waals surface area contributed by atoms with Gasteiger partial charge in [0, 0.05) is 16.1 Å². The molecule has 0 bridgehead atoms. The second-order valence-corrected chi connectivity index (χ2v) is 8.40. The highest BCUT2D eigenvalue weighted by Gasteiger charge is 2.23. The maximum atomic E-state index is 11.1. The van der Waals surface area contributed by atoms with E-state index < -0.39 is 0 Å². The number of benzene rings is 3. The van der Waals surface area contributed by atoms with E-state index in [-0.39, 0.29) is 17.1 Å². The summed E-state index contributed by atoms with van der Waals surface area (Å²) < 4.78 is 5.52. The Hall–Kier alpha value is -3.11. The van der Waals surface area contributed by atoms with Crippen molar-refractivity contribution in [2.45, 2.75) is 26.2 Å². The highest BCUT2D eigenvalue weighted by molar-refractivity contribution is 6.30. The molecule has 3 aromatic carbocycles. The van der Waals surface area contributed by atoms with Gasteiger partial charge < -0.3 is 9.63 Å². The van der Waals surface area contributed by atoms with Crippen molar-refractivity contribution in [2.75, 3.05) is 0 Å². The van der Waals surface area contributed by atoms with Gasteiger partial charge in [-0.2, -0.15) is 4.98 Å². The van der Waals surface area contributed by atoms with E-state index in [1.54, 1.807) is 12.1 Å². The summed E-state index contributed by atoms with van der Waals surface area (Å²) in [7, 11) is 0. The van der Waals surface area contributed by atoms with E-state index in [0.29, 0.717) is 16.4 Å². The molecule has 0 aliphatic heterocycles. The van der Waals surface area contributed by atoms with Crippen molar-refractivity contribution in [1.82, 2.24) is 10.1 Å². The Morgan fingerprint density at radius 3 is 2.17 bits per heavy atom. The maximum Gasteiger partial charge on any atom is 0.262 e. The van der Waals surface area contributed by atoms with Crippen molar-refractivity contribution >= 4 is 11.6 Å². The fraction of sp³-hybridized carbons (Fsp3) is 0.167. The Labute approximate surface area is 174 Å². The zero-order valence-corrected chi connectivity index (χ0v) is 17.2. The lowest BCUT2D eigenvalue weighted by Crippen LogP contribution is -2.11. The van der Waals surface area contributed by atoms with Gasteiger partial charge in [0.05, 0.1) is 5.56 Å². The van der Waals surface area contributed by atoms with E-state index in [9.17, 15) is 5.11 Å². The van der Waals surface area contributed by atoms with Crippen LogP contribution in [0.15, 0.2) is 71.3 Å². The molecule has 1 aromatic heterocycles. The summed E-state index contributed by atoms with van der Waals surface area (Å²) in [5.41, 5.74) is 3.91. The third kappa shape index (κ3) is 3.89. The van der Waals surface area contributed by atoms with Crippen molar-refractivity contribution in [3.05, 3.63) is 77.3 Å². The van der Waals surface area contributed by atoms with E-state index in [4.69, 9.17) is 16.1 Å². The monoisotopic (exact) mass is 404 g/mol. The van der Waals surface area contributed by atoms with Crippen LogP contribution in [0, 0.1) is 0 Å². The molecule has 0 radical (unpaired) electrons. The molecule has 146 valence electrons. The third-order valence-corrected chi connectivity index (χ3v) is 5.07. The molecule has 0 unspecified atom stereocenters. The average Bonchev–Trinajstić information content (AvgIpc) is 3.18. The third-order valence-electron chi connectivity index (χ3n) is 4.82. The van der Waals surface area contributed by atoms with E-state index in [0.717, 1.165) is 22.3 Å². The van der Waals surface area contributed by atoms with Crippen molar-refractivity contribution in [1.29, 1.82) is 0 Å². The number of hydrogen-bond acceptors (Lipinski definition) is 4. The van der Waals surface area contributed by atoms with Crippen LogP contribution in [0.1, 0.15) is 26.3 Å². The molecule has 0 saturated carbocycles. The molecule has 1 N–H and O–H groups in total. The van der Waals surface area contributed by atoms with Crippen molar-refractivity contribution < 1.29 is 9.63 Å². The molecule has 4 rings (SSSR count). The zero-order valence-electron chi connectivity index (χ0n) is 16.5. The van der Waals surface area contributed by atoms with Crippen LogP contribution in [-0.4, -0.2) is 15.2 Å². The lowest BCUT2D eigenvalue weighted by molar-refractivity contribution is 0.425. The molecule has 0 amide bonds. The largest absolute Gasteiger partial charge is 0.506 e. The smallest absolute Gasteiger partial charge is 0.262 e. The Balaban J connectivity index is 1.86. The predicted molar refractivity (Wildman–Crippen MR) is 116 cm³/mol. The van der Waals surface area contributed by atoms with E-state index in [2.05, 4.69) is 30.9 Å². The number of aromatic hydroxyl groups is 1. The van der Waals surface area contributed by atoms with Crippen molar-refractivity contribution in [3.63, 3.8) is 0 Å². The molecule has 0 fully saturated rings. The molecule has 4 nitrogen and oxygen atoms in total. The Morgan fingerprint density at radius 1 is 0.862 bits per heavy atom. The fourth-order valence-corrected chi connectivity index (χ4v) is 3.24. The fourth-order valence-electron chi connectivity index (χ4n) is 3.12. The van der Waals surface area contributed by atoms with Gasteiger partial charge in [-0.3, -0.25) is 0 Å². The molecule has 1 heterocycles. The van der Waals surface area contributed by atoms with Crippen LogP contribution in [-0.2, 0) is 5.41 Å². The lowest BCUT2D eigenvalue weighted by atomic mass is 9.83. The zero-order chi connectivity index (χ0) is 20.6. The van der Waals surface area contributed by atoms with E-state index in [1.807, 2.05) is 54.6 Å². The van der Waals surface area contributed by atoms with E-state index in [1.165, 1.54) is 0 Å². The molecular weight excluding hydrogens is 384 g/mol. The second kappa shape index (κ2) is 7.37. The van der Waals surface area contributed by atoms with Crippen LogP contribution in [0.25, 0.3) is 34.0 Å². The van der Waals surface area contributed by atoms with Crippen molar-refractivity contribution in [3.8, 4) is 39.7 Å². The highest BCUT2D eigenvalue weighted by Crippen LogP contribution is 2.41. The number of halogens is 1. The minimum absolute atomic E-state index is 0.120. The molecule has 29 heavy (non-hydrogen) atoms. The van der Waals surface area contributed by atoms with Crippen LogP contribution in [0.5, 0.6) is 5.75 Å². The molecule has 4 aromatic rings. The number of phenols is 1. The van der Waals surface area contributed by atoms with Crippen LogP contribution in [0.4, 0.5) is 0 Å². The summed E-state index contributed by atoms with van der Waals surface area (Å²) >= 11 is 5.96. The van der Waals surface area contributed by atoms with Crippen LogP contribution >= 0.6 is 11.6 Å². The number of rotatable bonds is 3. The first kappa shape index (κ1) is 19.2. The molecule has 5 heteroatoms. The van der Waals surface area contributed by atoms with Gasteiger partial charge in [-0.15, -0.1) is 0 Å². The number of phenolic OH excluding ortho intramolecular Hbond substituents is 1. The first-order chi connectivity index (χ1) is 13.8. The van der Waals surface area contributed by atoms with Gasteiger partial charge in [0.1, 0.15) is 5.75 Å². The van der Waals surface area contributed by atoms with Gasteiger partial charge in [-0.05, 0) is 52.9 Å². The van der Waals surface area contributed by atoms with Gasteiger partial charge >= 0.3 is 0 Å². The van der Waals surface area contributed by atoms with Gasteiger partial charge in [-0.1, -0.05) is 67.9 Å². The first-order valence-corrected chi connectivity index (χ1v) is 9.73. The standard InChI is InChI=1S/C24H21ClN2O2/c1-24(2,3)17-13-19(15-7-5-4-6-8-15)21(28)20(14-17)23-26-22(27-29-23)16-9-11-18(25)12-10-16/h4-14,28H,1-3H3. The molecule has 0 atom stereocenters. The SMILES string of the molecule is CC(C)(C)c1cc(-c2ccccc2)c(O)c(-c2nc(-c3ccc(Cl)cc3)no2)c1. The van der Waals surface area contributed by atoms with Crippen molar-refractivity contribution in [2.24, 2.45) is 0 Å². The minimum atomic E-state index is -0.120. The normalized spacial score (nSPS) is 11.6. The molecule has 0 saturated heterocycles. The second-order valence-electron chi connectivity index (χ2n) is 7.97. The Morgan fingerprint density at radius 2 is 1.52 bits per heavy atom. The Kier molecular flexibility index (Phi) is 4.89. The van der Waals surface area contributed by atoms with Gasteiger partial charge in [-0.25, -0.2) is 0 Å². The lowest BCUT2D eigenvalue weighted by Gasteiger charge is -2.22. The quantitative estimate of drug-likeness (QED) is 0.411. The summed E-state index contributed by atoms with van der Waals surface area (Å²) in [5, 5.41) is 15.8. The van der Waals surface area contributed by atoms with Crippen LogP contribution in [0.3, 0.4) is 0 Å². The van der Waals surface area contributed by atoms with Crippen LogP contribution < -0.4 is 0 Å². The number of nitrogens with zero attached hydrogens (tertiary/aromatic N) is 2. The molecular formula is C24H21ClN2O2. The summed E-state index contributed by atoms with van der Waals surface area (Å²) in [4.78, 5) is 4.52. The van der Waals surface area contributed by atoms with Gasteiger partial charge in [0.2, 0.25) is 5.82 Å². The summed E-state index contributed by atoms with van der Waals surface area (Å²) in [5.74, 6) is 0.838. The molecule has 0 spiro atoms. The number of hydrogen-bond donors (Lipinski definition) is 1. The number of aromatic nitrogens is 2. The topological polar surface area (TPSA) is 59.2 Å². The van der Waals surface area contributed by atoms with Crippen LogP contribution in [0.2, 0.25) is 5.02 Å².